The highest BCUT2D eigenvalue weighted by Crippen LogP contribution is 2.35. The van der Waals surface area contributed by atoms with Gasteiger partial charge in [-0.2, -0.15) is 0 Å². The first kappa shape index (κ1) is 8.23. The van der Waals surface area contributed by atoms with Crippen LogP contribution in [0, 0.1) is 0 Å². The van der Waals surface area contributed by atoms with E-state index in [2.05, 4.69) is 5.32 Å². The van der Waals surface area contributed by atoms with E-state index in [1.807, 2.05) is 0 Å². The molecule has 1 rings (SSSR count). The van der Waals surface area contributed by atoms with Crippen molar-refractivity contribution < 1.29 is 9.90 Å². The molecular weight excluding hydrogens is 170 g/mol. The van der Waals surface area contributed by atoms with E-state index in [-0.39, 0.29) is 6.54 Å². The van der Waals surface area contributed by atoms with Crippen LogP contribution < -0.4 is 5.32 Å². The van der Waals surface area contributed by atoms with Crippen LogP contribution in [-0.2, 0) is 4.79 Å². The topological polar surface area (TPSA) is 49.3 Å². The van der Waals surface area contributed by atoms with Gasteiger partial charge in [0, 0.05) is 5.75 Å². The third kappa shape index (κ3) is 2.81. The lowest BCUT2D eigenvalue weighted by atomic mass is 10.4. The average Bonchev–Trinajstić information content (AvgIpc) is 2.34. The van der Waals surface area contributed by atoms with Gasteiger partial charge >= 0.3 is 5.97 Å². The first-order valence-electron chi connectivity index (χ1n) is 3.02. The number of carboxylic acid groups (broad SMARTS) is 1. The van der Waals surface area contributed by atoms with Gasteiger partial charge in [0.05, 0.1) is 11.9 Å². The van der Waals surface area contributed by atoms with Gasteiger partial charge in [-0.05, 0) is 6.42 Å². The molecule has 0 aromatic heterocycles. The highest BCUT2D eigenvalue weighted by molar-refractivity contribution is 8.77. The zero-order chi connectivity index (χ0) is 7.40. The maximum Gasteiger partial charge on any atom is 0.317 e. The maximum absolute atomic E-state index is 10.1. The van der Waals surface area contributed by atoms with Crippen molar-refractivity contribution in [2.45, 2.75) is 11.8 Å². The zero-order valence-electron chi connectivity index (χ0n) is 5.37. The molecule has 3 nitrogen and oxygen atoms in total. The Kier molecular flexibility index (Phi) is 3.37. The molecule has 1 heterocycles. The van der Waals surface area contributed by atoms with Gasteiger partial charge in [-0.15, -0.1) is 0 Å². The summed E-state index contributed by atoms with van der Waals surface area (Å²) >= 11 is 0. The lowest BCUT2D eigenvalue weighted by molar-refractivity contribution is -0.136. The third-order valence-electron chi connectivity index (χ3n) is 1.13. The predicted molar refractivity (Wildman–Crippen MR) is 44.1 cm³/mol. The molecule has 1 aliphatic rings. The molecule has 0 aliphatic carbocycles. The average molecular weight is 179 g/mol. The van der Waals surface area contributed by atoms with Crippen LogP contribution in [-0.4, -0.2) is 28.7 Å². The smallest absolute Gasteiger partial charge is 0.317 e. The van der Waals surface area contributed by atoms with Gasteiger partial charge in [0.2, 0.25) is 0 Å². The SMILES string of the molecule is O=C(O)CNC1CCSS1. The van der Waals surface area contributed by atoms with Crippen molar-refractivity contribution in [1.29, 1.82) is 0 Å². The largest absolute Gasteiger partial charge is 0.480 e. The van der Waals surface area contributed by atoms with Gasteiger partial charge in [0.25, 0.3) is 0 Å². The van der Waals surface area contributed by atoms with Gasteiger partial charge in [-0.1, -0.05) is 21.6 Å². The fraction of sp³-hybridized carbons (Fsp3) is 0.800. The number of carbonyl (C=O) groups is 1. The molecule has 0 aromatic rings. The van der Waals surface area contributed by atoms with E-state index < -0.39 is 5.97 Å². The maximum atomic E-state index is 10.1. The van der Waals surface area contributed by atoms with E-state index in [4.69, 9.17) is 5.11 Å². The van der Waals surface area contributed by atoms with Crippen molar-refractivity contribution in [3.05, 3.63) is 0 Å². The number of aliphatic carboxylic acids is 1. The van der Waals surface area contributed by atoms with Gasteiger partial charge in [-0.3, -0.25) is 10.1 Å². The molecule has 0 aromatic carbocycles. The van der Waals surface area contributed by atoms with E-state index in [9.17, 15) is 4.79 Å². The monoisotopic (exact) mass is 179 g/mol. The lowest BCUT2D eigenvalue weighted by Crippen LogP contribution is -2.29. The minimum Gasteiger partial charge on any atom is -0.480 e. The predicted octanol–water partition coefficient (Wildman–Crippen LogP) is 0.772. The van der Waals surface area contributed by atoms with E-state index in [1.54, 1.807) is 21.6 Å². The molecule has 2 N–H and O–H groups in total. The van der Waals surface area contributed by atoms with Gasteiger partial charge in [-0.25, -0.2) is 0 Å². The molecular formula is C5H9NO2S2. The second-order valence-electron chi connectivity index (χ2n) is 1.97. The van der Waals surface area contributed by atoms with Gasteiger partial charge < -0.3 is 5.11 Å². The highest BCUT2D eigenvalue weighted by Gasteiger charge is 2.15. The van der Waals surface area contributed by atoms with Crippen molar-refractivity contribution in [1.82, 2.24) is 5.32 Å². The standard InChI is InChI=1S/C5H9NO2S2/c7-5(8)3-6-4-1-2-9-10-4/h4,6H,1-3H2,(H,7,8). The van der Waals surface area contributed by atoms with Crippen molar-refractivity contribution >= 4 is 27.6 Å². The number of nitrogens with one attached hydrogen (secondary N) is 1. The summed E-state index contributed by atoms with van der Waals surface area (Å²) in [6.45, 7) is 0.0816. The summed E-state index contributed by atoms with van der Waals surface area (Å²) < 4.78 is 0. The number of hydrogen-bond acceptors (Lipinski definition) is 4. The Morgan fingerprint density at radius 3 is 3.10 bits per heavy atom. The molecule has 0 amide bonds. The summed E-state index contributed by atoms with van der Waals surface area (Å²) in [6.07, 6.45) is 1.07. The van der Waals surface area contributed by atoms with Crippen molar-refractivity contribution in [2.24, 2.45) is 0 Å². The molecule has 10 heavy (non-hydrogen) atoms. The molecule has 1 atom stereocenters. The van der Waals surface area contributed by atoms with Crippen LogP contribution in [0.3, 0.4) is 0 Å². The van der Waals surface area contributed by atoms with Crippen LogP contribution in [0.1, 0.15) is 6.42 Å². The molecule has 5 heteroatoms. The summed E-state index contributed by atoms with van der Waals surface area (Å²) in [5, 5.41) is 11.6. The van der Waals surface area contributed by atoms with E-state index in [0.717, 1.165) is 12.2 Å². The summed E-state index contributed by atoms with van der Waals surface area (Å²) in [5.41, 5.74) is 0. The Labute approximate surface area is 67.3 Å². The molecule has 58 valence electrons. The van der Waals surface area contributed by atoms with Crippen LogP contribution in [0.4, 0.5) is 0 Å². The molecule has 0 radical (unpaired) electrons. The van der Waals surface area contributed by atoms with Crippen LogP contribution in [0.5, 0.6) is 0 Å². The summed E-state index contributed by atoms with van der Waals surface area (Å²) in [5.74, 6) is 0.347. The summed E-state index contributed by atoms with van der Waals surface area (Å²) in [4.78, 5) is 10.1. The molecule has 1 aliphatic heterocycles. The van der Waals surface area contributed by atoms with Crippen molar-refractivity contribution in [2.75, 3.05) is 12.3 Å². The Hall–Kier alpha value is 0.130. The lowest BCUT2D eigenvalue weighted by Gasteiger charge is -2.05. The van der Waals surface area contributed by atoms with E-state index in [1.165, 1.54) is 0 Å². The second kappa shape index (κ2) is 4.10. The molecule has 1 fully saturated rings. The van der Waals surface area contributed by atoms with Crippen LogP contribution in [0.2, 0.25) is 0 Å². The summed E-state index contributed by atoms with van der Waals surface area (Å²) in [6, 6.07) is 0. The Bertz CT molecular complexity index is 125. The molecule has 1 unspecified atom stereocenters. The molecule has 0 bridgehead atoms. The van der Waals surface area contributed by atoms with E-state index >= 15 is 0 Å². The highest BCUT2D eigenvalue weighted by atomic mass is 33.1. The minimum atomic E-state index is -0.780. The van der Waals surface area contributed by atoms with Crippen LogP contribution in [0.15, 0.2) is 0 Å². The number of rotatable bonds is 3. The second-order valence-corrected chi connectivity index (χ2v) is 4.66. The fourth-order valence-electron chi connectivity index (χ4n) is 0.671. The first-order chi connectivity index (χ1) is 4.79. The van der Waals surface area contributed by atoms with Gasteiger partial charge in [0.15, 0.2) is 0 Å². The quantitative estimate of drug-likeness (QED) is 0.627. The van der Waals surface area contributed by atoms with Crippen molar-refractivity contribution in [3.63, 3.8) is 0 Å². The Morgan fingerprint density at radius 1 is 1.80 bits per heavy atom. The number of carboxylic acids is 1. The zero-order valence-corrected chi connectivity index (χ0v) is 7.00. The van der Waals surface area contributed by atoms with E-state index in [0.29, 0.717) is 5.37 Å². The molecule has 0 saturated carbocycles. The molecule has 1 saturated heterocycles. The minimum absolute atomic E-state index is 0.0816. The van der Waals surface area contributed by atoms with Crippen LogP contribution in [0.25, 0.3) is 0 Å². The molecule has 0 spiro atoms. The normalized spacial score (nSPS) is 25.0. The fourth-order valence-corrected chi connectivity index (χ4v) is 3.34. The number of hydrogen-bond donors (Lipinski definition) is 2. The first-order valence-corrected chi connectivity index (χ1v) is 5.40. The third-order valence-corrected chi connectivity index (χ3v) is 3.91. The van der Waals surface area contributed by atoms with Gasteiger partial charge in [0.1, 0.15) is 0 Å². The van der Waals surface area contributed by atoms with Crippen LogP contribution >= 0.6 is 21.6 Å². The van der Waals surface area contributed by atoms with Crippen molar-refractivity contribution in [3.8, 4) is 0 Å². The summed E-state index contributed by atoms with van der Waals surface area (Å²) in [7, 11) is 3.52. The Balaban J connectivity index is 2.07. The Morgan fingerprint density at radius 2 is 2.60 bits per heavy atom.